The molecule has 2 N–H and O–H groups in total. The minimum absolute atomic E-state index is 0.0680. The first-order valence-corrected chi connectivity index (χ1v) is 6.84. The lowest BCUT2D eigenvalue weighted by atomic mass is 10.0. The summed E-state index contributed by atoms with van der Waals surface area (Å²) < 4.78 is 15.7. The molecule has 0 fully saturated rings. The van der Waals surface area contributed by atoms with Gasteiger partial charge in [-0.2, -0.15) is 5.10 Å². The zero-order valence-corrected chi connectivity index (χ0v) is 11.8. The fraction of sp³-hybridized carbons (Fsp3) is 0.0625. The number of hydrogen-bond acceptors (Lipinski definition) is 2. The Morgan fingerprint density at radius 1 is 1.10 bits per heavy atom. The van der Waals surface area contributed by atoms with E-state index < -0.39 is 11.9 Å². The molecular weight excluding hydrogens is 289 g/mol. The number of aromatic nitrogens is 2. The van der Waals surface area contributed by atoms with Gasteiger partial charge in [0.1, 0.15) is 5.82 Å². The Labute approximate surface area is 126 Å². The molecule has 0 saturated carbocycles. The van der Waals surface area contributed by atoms with Crippen molar-refractivity contribution >= 4 is 11.6 Å². The van der Waals surface area contributed by atoms with E-state index in [0.717, 1.165) is 11.3 Å². The molecule has 1 unspecified atom stereocenters. The molecule has 0 aliphatic rings. The van der Waals surface area contributed by atoms with Gasteiger partial charge in [-0.3, -0.25) is 0 Å². The van der Waals surface area contributed by atoms with Crippen LogP contribution in [0.15, 0.2) is 60.9 Å². The Kier molecular flexibility index (Phi) is 3.73. The summed E-state index contributed by atoms with van der Waals surface area (Å²) in [7, 11) is 0. The number of para-hydroxylation sites is 1. The fourth-order valence-corrected chi connectivity index (χ4v) is 2.34. The first-order valence-electron chi connectivity index (χ1n) is 6.46. The molecule has 3 rings (SSSR count). The minimum Gasteiger partial charge on any atom is -0.320 e. The summed E-state index contributed by atoms with van der Waals surface area (Å²) in [6.07, 6.45) is 3.43. The number of halogens is 2. The van der Waals surface area contributed by atoms with Crippen LogP contribution in [-0.4, -0.2) is 9.78 Å². The summed E-state index contributed by atoms with van der Waals surface area (Å²) in [5.74, 6) is -0.487. The predicted molar refractivity (Wildman–Crippen MR) is 81.0 cm³/mol. The van der Waals surface area contributed by atoms with Crippen molar-refractivity contribution in [2.75, 3.05) is 0 Å². The summed E-state index contributed by atoms with van der Waals surface area (Å²) in [4.78, 5) is 0. The van der Waals surface area contributed by atoms with Gasteiger partial charge in [0.25, 0.3) is 0 Å². The van der Waals surface area contributed by atoms with Crippen molar-refractivity contribution in [3.63, 3.8) is 0 Å². The lowest BCUT2D eigenvalue weighted by Gasteiger charge is -2.11. The minimum atomic E-state index is -0.610. The van der Waals surface area contributed by atoms with Crippen LogP contribution >= 0.6 is 11.6 Å². The maximum atomic E-state index is 14.0. The van der Waals surface area contributed by atoms with Gasteiger partial charge in [-0.15, -0.1) is 0 Å². The van der Waals surface area contributed by atoms with Crippen LogP contribution in [0.2, 0.25) is 5.02 Å². The molecule has 0 saturated heterocycles. The molecule has 21 heavy (non-hydrogen) atoms. The zero-order valence-electron chi connectivity index (χ0n) is 11.1. The van der Waals surface area contributed by atoms with Gasteiger partial charge in [0.2, 0.25) is 0 Å². The quantitative estimate of drug-likeness (QED) is 0.801. The second-order valence-electron chi connectivity index (χ2n) is 4.67. The molecule has 2 aromatic carbocycles. The molecule has 106 valence electrons. The number of rotatable bonds is 3. The van der Waals surface area contributed by atoms with Crippen molar-refractivity contribution in [1.82, 2.24) is 9.78 Å². The first-order chi connectivity index (χ1) is 10.2. The molecule has 3 nitrogen and oxygen atoms in total. The SMILES string of the molecule is NC(c1cnn(-c2ccccc2)c1)c1cccc(Cl)c1F. The van der Waals surface area contributed by atoms with Crippen LogP contribution in [0.4, 0.5) is 4.39 Å². The lowest BCUT2D eigenvalue weighted by Crippen LogP contribution is -2.13. The Morgan fingerprint density at radius 3 is 2.62 bits per heavy atom. The van der Waals surface area contributed by atoms with E-state index in [1.54, 1.807) is 29.2 Å². The Balaban J connectivity index is 1.95. The molecule has 0 bridgehead atoms. The van der Waals surface area contributed by atoms with Gasteiger partial charge in [-0.1, -0.05) is 41.9 Å². The summed E-state index contributed by atoms with van der Waals surface area (Å²) in [6.45, 7) is 0. The number of nitrogens with zero attached hydrogens (tertiary/aromatic N) is 2. The molecule has 0 spiro atoms. The summed E-state index contributed by atoms with van der Waals surface area (Å²) >= 11 is 5.80. The molecular formula is C16H13ClFN3. The highest BCUT2D eigenvalue weighted by molar-refractivity contribution is 6.30. The average molecular weight is 302 g/mol. The molecule has 0 aliphatic carbocycles. The second-order valence-corrected chi connectivity index (χ2v) is 5.08. The summed E-state index contributed by atoms with van der Waals surface area (Å²) in [5.41, 5.74) is 8.12. The average Bonchev–Trinajstić information content (AvgIpc) is 3.00. The van der Waals surface area contributed by atoms with Gasteiger partial charge in [-0.05, 0) is 18.2 Å². The summed E-state index contributed by atoms with van der Waals surface area (Å²) in [5, 5.41) is 4.33. The molecule has 1 aromatic heterocycles. The molecule has 0 radical (unpaired) electrons. The highest BCUT2D eigenvalue weighted by atomic mass is 35.5. The summed E-state index contributed by atoms with van der Waals surface area (Å²) in [6, 6.07) is 13.8. The third kappa shape index (κ3) is 2.68. The Bertz CT molecular complexity index is 755. The maximum absolute atomic E-state index is 14.0. The number of benzene rings is 2. The van der Waals surface area contributed by atoms with E-state index >= 15 is 0 Å². The van der Waals surface area contributed by atoms with Crippen molar-refractivity contribution in [3.8, 4) is 5.69 Å². The Morgan fingerprint density at radius 2 is 1.86 bits per heavy atom. The topological polar surface area (TPSA) is 43.8 Å². The van der Waals surface area contributed by atoms with Crippen molar-refractivity contribution in [2.24, 2.45) is 5.73 Å². The van der Waals surface area contributed by atoms with Crippen LogP contribution in [0, 0.1) is 5.82 Å². The van der Waals surface area contributed by atoms with E-state index in [0.29, 0.717) is 5.56 Å². The zero-order chi connectivity index (χ0) is 14.8. The molecule has 3 aromatic rings. The lowest BCUT2D eigenvalue weighted by molar-refractivity contribution is 0.600. The van der Waals surface area contributed by atoms with Crippen LogP contribution in [0.5, 0.6) is 0 Å². The molecule has 0 aliphatic heterocycles. The van der Waals surface area contributed by atoms with E-state index in [1.807, 2.05) is 30.3 Å². The third-order valence-electron chi connectivity index (χ3n) is 3.30. The molecule has 0 amide bonds. The van der Waals surface area contributed by atoms with Gasteiger partial charge in [0, 0.05) is 17.3 Å². The van der Waals surface area contributed by atoms with Crippen molar-refractivity contribution in [3.05, 3.63) is 82.9 Å². The van der Waals surface area contributed by atoms with E-state index in [4.69, 9.17) is 17.3 Å². The first kappa shape index (κ1) is 13.8. The van der Waals surface area contributed by atoms with E-state index in [2.05, 4.69) is 5.10 Å². The fourth-order valence-electron chi connectivity index (χ4n) is 2.16. The molecule has 1 atom stereocenters. The van der Waals surface area contributed by atoms with Gasteiger partial charge < -0.3 is 5.73 Å². The van der Waals surface area contributed by atoms with Gasteiger partial charge >= 0.3 is 0 Å². The van der Waals surface area contributed by atoms with Crippen molar-refractivity contribution in [2.45, 2.75) is 6.04 Å². The highest BCUT2D eigenvalue weighted by Gasteiger charge is 2.17. The van der Waals surface area contributed by atoms with Gasteiger partial charge in [0.15, 0.2) is 0 Å². The van der Waals surface area contributed by atoms with Crippen molar-refractivity contribution < 1.29 is 4.39 Å². The Hall–Kier alpha value is -2.17. The van der Waals surface area contributed by atoms with Crippen LogP contribution in [0.25, 0.3) is 5.69 Å². The van der Waals surface area contributed by atoms with E-state index in [9.17, 15) is 4.39 Å². The number of nitrogens with two attached hydrogens (primary N) is 1. The van der Waals surface area contributed by atoms with E-state index in [1.165, 1.54) is 6.07 Å². The number of hydrogen-bond donors (Lipinski definition) is 1. The molecule has 5 heteroatoms. The van der Waals surface area contributed by atoms with Crippen LogP contribution in [-0.2, 0) is 0 Å². The van der Waals surface area contributed by atoms with Crippen LogP contribution in [0.3, 0.4) is 0 Å². The van der Waals surface area contributed by atoms with Gasteiger partial charge in [-0.25, -0.2) is 9.07 Å². The highest BCUT2D eigenvalue weighted by Crippen LogP contribution is 2.26. The van der Waals surface area contributed by atoms with Crippen molar-refractivity contribution in [1.29, 1.82) is 0 Å². The van der Waals surface area contributed by atoms with E-state index in [-0.39, 0.29) is 5.02 Å². The standard InChI is InChI=1S/C16H13ClFN3/c17-14-8-4-7-13(15(14)18)16(19)11-9-20-21(10-11)12-5-2-1-3-6-12/h1-10,16H,19H2. The normalized spacial score (nSPS) is 12.3. The third-order valence-corrected chi connectivity index (χ3v) is 3.59. The largest absolute Gasteiger partial charge is 0.320 e. The second kappa shape index (κ2) is 5.68. The van der Waals surface area contributed by atoms with Gasteiger partial charge in [0.05, 0.1) is 22.9 Å². The monoisotopic (exact) mass is 301 g/mol. The predicted octanol–water partition coefficient (Wildman–Crippen LogP) is 3.71. The maximum Gasteiger partial charge on any atom is 0.146 e. The molecule has 1 heterocycles. The van der Waals surface area contributed by atoms with Crippen LogP contribution < -0.4 is 5.73 Å². The van der Waals surface area contributed by atoms with Crippen LogP contribution in [0.1, 0.15) is 17.2 Å². The smallest absolute Gasteiger partial charge is 0.146 e.